The molecule has 5 nitrogen and oxygen atoms in total. The van der Waals surface area contributed by atoms with E-state index >= 15 is 0 Å². The first-order chi connectivity index (χ1) is 9.52. The minimum Gasteiger partial charge on any atom is -0.496 e. The summed E-state index contributed by atoms with van der Waals surface area (Å²) in [6, 6.07) is 7.33. The van der Waals surface area contributed by atoms with E-state index in [-0.39, 0.29) is 12.5 Å². The molecular formula is C15H19NO4. The monoisotopic (exact) mass is 277 g/mol. The molecule has 1 aromatic rings. The van der Waals surface area contributed by atoms with Gasteiger partial charge in [0.1, 0.15) is 11.3 Å². The van der Waals surface area contributed by atoms with Crippen LogP contribution in [0.2, 0.25) is 0 Å². The molecule has 1 fully saturated rings. The van der Waals surface area contributed by atoms with E-state index in [0.717, 1.165) is 18.4 Å². The van der Waals surface area contributed by atoms with Crippen LogP contribution in [0.5, 0.6) is 5.75 Å². The zero-order valence-corrected chi connectivity index (χ0v) is 11.7. The molecule has 20 heavy (non-hydrogen) atoms. The maximum Gasteiger partial charge on any atom is 0.329 e. The maximum absolute atomic E-state index is 11.7. The Morgan fingerprint density at radius 1 is 1.50 bits per heavy atom. The van der Waals surface area contributed by atoms with Crippen LogP contribution in [0.3, 0.4) is 0 Å². The lowest BCUT2D eigenvalue weighted by atomic mass is 9.90. The molecule has 0 saturated heterocycles. The molecule has 2 rings (SSSR count). The summed E-state index contributed by atoms with van der Waals surface area (Å²) in [6.07, 6.45) is 2.61. The van der Waals surface area contributed by atoms with Crippen molar-refractivity contribution in [3.63, 3.8) is 0 Å². The Bertz CT molecular complexity index is 512. The van der Waals surface area contributed by atoms with Crippen LogP contribution in [-0.4, -0.2) is 41.1 Å². The number of rotatable bonds is 7. The fourth-order valence-electron chi connectivity index (χ4n) is 2.46. The van der Waals surface area contributed by atoms with Crippen LogP contribution in [0, 0.1) is 0 Å². The topological polar surface area (TPSA) is 66.8 Å². The fourth-order valence-corrected chi connectivity index (χ4v) is 2.46. The van der Waals surface area contributed by atoms with Crippen LogP contribution >= 0.6 is 0 Å². The molecule has 1 unspecified atom stereocenters. The predicted molar refractivity (Wildman–Crippen MR) is 73.7 cm³/mol. The smallest absolute Gasteiger partial charge is 0.329 e. The number of hydrogen-bond donors (Lipinski definition) is 1. The Labute approximate surface area is 118 Å². The summed E-state index contributed by atoms with van der Waals surface area (Å²) in [6.45, 7) is 1.59. The van der Waals surface area contributed by atoms with E-state index in [4.69, 9.17) is 4.74 Å². The first-order valence-corrected chi connectivity index (χ1v) is 6.62. The number of carbonyl (C=O) groups excluding carboxylic acids is 1. The molecule has 1 amide bonds. The maximum atomic E-state index is 11.7. The lowest BCUT2D eigenvalue weighted by Gasteiger charge is -2.35. The Morgan fingerprint density at radius 2 is 2.15 bits per heavy atom. The van der Waals surface area contributed by atoms with Crippen LogP contribution in [-0.2, 0) is 16.0 Å². The van der Waals surface area contributed by atoms with Crippen LogP contribution in [0.4, 0.5) is 0 Å². The summed E-state index contributed by atoms with van der Waals surface area (Å²) >= 11 is 0. The number of carbonyl (C=O) groups is 2. The number of ether oxygens (including phenoxy) is 1. The number of amides is 1. The van der Waals surface area contributed by atoms with E-state index in [1.165, 1.54) is 4.90 Å². The Hall–Kier alpha value is -2.04. The fraction of sp³-hybridized carbons (Fsp3) is 0.467. The molecule has 0 radical (unpaired) electrons. The molecular weight excluding hydrogens is 258 g/mol. The van der Waals surface area contributed by atoms with Crippen LogP contribution in [0.1, 0.15) is 25.3 Å². The minimum atomic E-state index is -1.25. The molecule has 5 heteroatoms. The second kappa shape index (κ2) is 5.53. The van der Waals surface area contributed by atoms with E-state index in [1.807, 2.05) is 18.2 Å². The average molecular weight is 277 g/mol. The van der Waals surface area contributed by atoms with Crippen molar-refractivity contribution in [3.8, 4) is 5.75 Å². The average Bonchev–Trinajstić information content (AvgIpc) is 3.24. The van der Waals surface area contributed by atoms with Crippen molar-refractivity contribution in [2.75, 3.05) is 7.11 Å². The van der Waals surface area contributed by atoms with Gasteiger partial charge in [-0.3, -0.25) is 4.79 Å². The molecule has 1 aliphatic carbocycles. The highest BCUT2D eigenvalue weighted by Gasteiger charge is 2.46. The molecule has 1 N–H and O–H groups in total. The molecule has 1 aliphatic rings. The summed E-state index contributed by atoms with van der Waals surface area (Å²) in [4.78, 5) is 24.5. The van der Waals surface area contributed by atoms with E-state index in [0.29, 0.717) is 12.2 Å². The van der Waals surface area contributed by atoms with Gasteiger partial charge in [-0.15, -0.1) is 0 Å². The SMILES string of the molecule is COc1ccccc1CC(C)(C(=O)O)N(C=O)C1CC1. The van der Waals surface area contributed by atoms with Crippen molar-refractivity contribution in [2.24, 2.45) is 0 Å². The number of para-hydroxylation sites is 1. The van der Waals surface area contributed by atoms with Gasteiger partial charge in [0.15, 0.2) is 0 Å². The molecule has 0 aromatic heterocycles. The molecule has 1 aromatic carbocycles. The minimum absolute atomic E-state index is 0.0447. The van der Waals surface area contributed by atoms with Gasteiger partial charge in [0.05, 0.1) is 7.11 Å². The number of benzene rings is 1. The van der Waals surface area contributed by atoms with Crippen LogP contribution in [0.15, 0.2) is 24.3 Å². The van der Waals surface area contributed by atoms with Crippen molar-refractivity contribution >= 4 is 12.4 Å². The predicted octanol–water partition coefficient (Wildman–Crippen LogP) is 1.70. The first kappa shape index (κ1) is 14.4. The van der Waals surface area contributed by atoms with Gasteiger partial charge in [-0.2, -0.15) is 0 Å². The molecule has 0 aliphatic heterocycles. The van der Waals surface area contributed by atoms with Crippen molar-refractivity contribution in [1.29, 1.82) is 0 Å². The summed E-state index contributed by atoms with van der Waals surface area (Å²) in [5, 5.41) is 9.59. The normalized spacial score (nSPS) is 17.1. The number of hydrogen-bond acceptors (Lipinski definition) is 3. The van der Waals surface area contributed by atoms with Crippen LogP contribution < -0.4 is 4.74 Å². The van der Waals surface area contributed by atoms with E-state index in [1.54, 1.807) is 20.1 Å². The van der Waals surface area contributed by atoms with Gasteiger partial charge >= 0.3 is 5.97 Å². The molecule has 0 spiro atoms. The van der Waals surface area contributed by atoms with Gasteiger partial charge < -0.3 is 14.7 Å². The van der Waals surface area contributed by atoms with Gasteiger partial charge in [-0.05, 0) is 31.4 Å². The summed E-state index contributed by atoms with van der Waals surface area (Å²) < 4.78 is 5.26. The number of carboxylic acids is 1. The third kappa shape index (κ3) is 2.61. The summed E-state index contributed by atoms with van der Waals surface area (Å²) in [5.41, 5.74) is -0.468. The molecule has 108 valence electrons. The highest BCUT2D eigenvalue weighted by molar-refractivity contribution is 5.82. The van der Waals surface area contributed by atoms with Crippen molar-refractivity contribution in [2.45, 2.75) is 37.8 Å². The Morgan fingerprint density at radius 3 is 2.65 bits per heavy atom. The highest BCUT2D eigenvalue weighted by Crippen LogP contribution is 2.35. The summed E-state index contributed by atoms with van der Waals surface area (Å²) in [7, 11) is 1.55. The number of nitrogens with zero attached hydrogens (tertiary/aromatic N) is 1. The van der Waals surface area contributed by atoms with Crippen molar-refractivity contribution in [3.05, 3.63) is 29.8 Å². The quantitative estimate of drug-likeness (QED) is 0.770. The molecule has 1 atom stereocenters. The third-order valence-corrected chi connectivity index (χ3v) is 3.81. The largest absolute Gasteiger partial charge is 0.496 e. The second-order valence-electron chi connectivity index (χ2n) is 5.31. The first-order valence-electron chi connectivity index (χ1n) is 6.62. The zero-order chi connectivity index (χ0) is 14.8. The van der Waals surface area contributed by atoms with Gasteiger partial charge in [-0.1, -0.05) is 18.2 Å². The van der Waals surface area contributed by atoms with Crippen LogP contribution in [0.25, 0.3) is 0 Å². The lowest BCUT2D eigenvalue weighted by molar-refractivity contribution is -0.154. The van der Waals surface area contributed by atoms with Gasteiger partial charge in [0, 0.05) is 12.5 Å². The van der Waals surface area contributed by atoms with Gasteiger partial charge in [0.2, 0.25) is 6.41 Å². The number of methoxy groups -OCH3 is 1. The molecule has 0 bridgehead atoms. The number of aliphatic carboxylic acids is 1. The Balaban J connectivity index is 2.33. The second-order valence-corrected chi connectivity index (χ2v) is 5.31. The highest BCUT2D eigenvalue weighted by atomic mass is 16.5. The van der Waals surface area contributed by atoms with Gasteiger partial charge in [0.25, 0.3) is 0 Å². The molecule has 1 saturated carbocycles. The van der Waals surface area contributed by atoms with E-state index < -0.39 is 11.5 Å². The third-order valence-electron chi connectivity index (χ3n) is 3.81. The summed E-state index contributed by atoms with van der Waals surface area (Å²) in [5.74, 6) is -0.357. The van der Waals surface area contributed by atoms with E-state index in [9.17, 15) is 14.7 Å². The van der Waals surface area contributed by atoms with Gasteiger partial charge in [-0.25, -0.2) is 4.79 Å². The lowest BCUT2D eigenvalue weighted by Crippen LogP contribution is -2.54. The standard InChI is InChI=1S/C15H19NO4/c1-15(14(18)19,16(10-17)12-7-8-12)9-11-5-3-4-6-13(11)20-2/h3-6,10,12H,7-9H2,1-2H3,(H,18,19). The van der Waals surface area contributed by atoms with Crippen molar-refractivity contribution < 1.29 is 19.4 Å². The zero-order valence-electron chi connectivity index (χ0n) is 11.7. The Kier molecular flexibility index (Phi) is 3.97. The van der Waals surface area contributed by atoms with E-state index in [2.05, 4.69) is 0 Å². The molecule has 0 heterocycles. The number of carboxylic acid groups (broad SMARTS) is 1. The van der Waals surface area contributed by atoms with Crippen molar-refractivity contribution in [1.82, 2.24) is 4.90 Å².